The van der Waals surface area contributed by atoms with Crippen LogP contribution in [0.15, 0.2) is 28.1 Å². The molecule has 2 amide bonds. The lowest BCUT2D eigenvalue weighted by atomic mass is 9.72. The second-order valence-electron chi connectivity index (χ2n) is 6.18. The third kappa shape index (κ3) is 4.04. The minimum atomic E-state index is -0.931. The molecule has 130 valence electrons. The zero-order chi connectivity index (χ0) is 18.6. The standard InChI is InChI=1S/C17H18N4O2S2/c1-10(13-5-4-6-24-13)20-14(22)9-25-16-12(8-19)17(2,3)11(7-18)15(23)21-16/h4-6,10-11H,9H2,1-3H3,(H,20,22)(H,21,23)/t10-,11+/m0/s1. The van der Waals surface area contributed by atoms with E-state index in [1.165, 1.54) is 0 Å². The number of carbonyl (C=O) groups excluding carboxylic acids is 2. The van der Waals surface area contributed by atoms with E-state index in [0.717, 1.165) is 16.6 Å². The monoisotopic (exact) mass is 374 g/mol. The van der Waals surface area contributed by atoms with Gasteiger partial charge in [0, 0.05) is 10.3 Å². The molecule has 0 unspecified atom stereocenters. The van der Waals surface area contributed by atoms with Crippen molar-refractivity contribution in [1.29, 1.82) is 10.5 Å². The molecule has 2 rings (SSSR count). The third-order valence-corrected chi connectivity index (χ3v) is 6.08. The number of nitriles is 2. The van der Waals surface area contributed by atoms with Crippen LogP contribution in [0, 0.1) is 34.0 Å². The minimum absolute atomic E-state index is 0.0732. The summed E-state index contributed by atoms with van der Waals surface area (Å²) in [5, 5.41) is 26.4. The summed E-state index contributed by atoms with van der Waals surface area (Å²) in [5.41, 5.74) is -0.572. The Bertz CT molecular complexity index is 785. The quantitative estimate of drug-likeness (QED) is 0.824. The van der Waals surface area contributed by atoms with Gasteiger partial charge in [0.15, 0.2) is 0 Å². The molecule has 2 N–H and O–H groups in total. The van der Waals surface area contributed by atoms with Crippen LogP contribution < -0.4 is 10.6 Å². The number of rotatable bonds is 5. The summed E-state index contributed by atoms with van der Waals surface area (Å²) in [6.45, 7) is 5.28. The van der Waals surface area contributed by atoms with Crippen LogP contribution in [-0.2, 0) is 9.59 Å². The first-order valence-corrected chi connectivity index (χ1v) is 9.48. The van der Waals surface area contributed by atoms with Crippen molar-refractivity contribution in [3.05, 3.63) is 33.0 Å². The number of hydrogen-bond donors (Lipinski definition) is 2. The van der Waals surface area contributed by atoms with Crippen molar-refractivity contribution < 1.29 is 9.59 Å². The highest BCUT2D eigenvalue weighted by molar-refractivity contribution is 8.03. The highest BCUT2D eigenvalue weighted by atomic mass is 32.2. The van der Waals surface area contributed by atoms with E-state index < -0.39 is 17.2 Å². The third-order valence-electron chi connectivity index (χ3n) is 4.03. The Morgan fingerprint density at radius 3 is 2.80 bits per heavy atom. The van der Waals surface area contributed by atoms with Crippen molar-refractivity contribution in [2.24, 2.45) is 11.3 Å². The van der Waals surface area contributed by atoms with Gasteiger partial charge in [-0.05, 0) is 18.4 Å². The van der Waals surface area contributed by atoms with Gasteiger partial charge in [0.05, 0.1) is 34.5 Å². The van der Waals surface area contributed by atoms with Crippen LogP contribution in [0.2, 0.25) is 0 Å². The van der Waals surface area contributed by atoms with Crippen LogP contribution in [-0.4, -0.2) is 17.6 Å². The average molecular weight is 374 g/mol. The molecule has 0 saturated heterocycles. The maximum atomic E-state index is 12.2. The summed E-state index contributed by atoms with van der Waals surface area (Å²) in [4.78, 5) is 25.3. The van der Waals surface area contributed by atoms with Gasteiger partial charge in [-0.1, -0.05) is 31.7 Å². The number of amides is 2. The average Bonchev–Trinajstić information content (AvgIpc) is 3.07. The number of thioether (sulfide) groups is 1. The minimum Gasteiger partial charge on any atom is -0.348 e. The molecule has 0 aromatic carbocycles. The maximum absolute atomic E-state index is 12.2. The maximum Gasteiger partial charge on any atom is 0.243 e. The number of nitrogens with zero attached hydrogens (tertiary/aromatic N) is 2. The Hall–Kier alpha value is -2.29. The van der Waals surface area contributed by atoms with E-state index in [2.05, 4.69) is 16.7 Å². The molecule has 1 aromatic heterocycles. The van der Waals surface area contributed by atoms with Gasteiger partial charge < -0.3 is 10.6 Å². The molecule has 25 heavy (non-hydrogen) atoms. The number of carbonyl (C=O) groups is 2. The van der Waals surface area contributed by atoms with E-state index in [0.29, 0.717) is 10.6 Å². The van der Waals surface area contributed by atoms with E-state index >= 15 is 0 Å². The Balaban J connectivity index is 2.07. The lowest BCUT2D eigenvalue weighted by molar-refractivity contribution is -0.125. The molecule has 0 saturated carbocycles. The number of nitrogens with one attached hydrogen (secondary N) is 2. The lowest BCUT2D eigenvalue weighted by Crippen LogP contribution is -2.44. The second-order valence-corrected chi connectivity index (χ2v) is 8.15. The van der Waals surface area contributed by atoms with E-state index in [1.807, 2.05) is 30.5 Å². The lowest BCUT2D eigenvalue weighted by Gasteiger charge is -2.34. The van der Waals surface area contributed by atoms with Crippen molar-refractivity contribution in [3.8, 4) is 12.1 Å². The van der Waals surface area contributed by atoms with E-state index in [1.54, 1.807) is 25.2 Å². The van der Waals surface area contributed by atoms with Gasteiger partial charge in [0.2, 0.25) is 11.8 Å². The van der Waals surface area contributed by atoms with Crippen LogP contribution in [0.5, 0.6) is 0 Å². The number of allylic oxidation sites excluding steroid dienone is 1. The number of hydrogen-bond acceptors (Lipinski definition) is 6. The SMILES string of the molecule is C[C@H](NC(=O)CSC1=C(C#N)C(C)(C)[C@H](C#N)C(=O)N1)c1cccs1. The predicted octanol–water partition coefficient (Wildman–Crippen LogP) is 2.69. The molecule has 0 bridgehead atoms. The fraction of sp³-hybridized carbons (Fsp3) is 0.412. The first kappa shape index (κ1) is 19.0. The second kappa shape index (κ2) is 7.73. The molecule has 0 radical (unpaired) electrons. The summed E-state index contributed by atoms with van der Waals surface area (Å²) in [7, 11) is 0. The van der Waals surface area contributed by atoms with E-state index in [9.17, 15) is 20.1 Å². The molecular weight excluding hydrogens is 356 g/mol. The first-order valence-electron chi connectivity index (χ1n) is 7.62. The van der Waals surface area contributed by atoms with Crippen LogP contribution in [0.1, 0.15) is 31.7 Å². The number of thiophene rings is 1. The molecule has 0 fully saturated rings. The van der Waals surface area contributed by atoms with E-state index in [-0.39, 0.29) is 17.7 Å². The Labute approximate surface area is 154 Å². The van der Waals surface area contributed by atoms with Crippen LogP contribution in [0.4, 0.5) is 0 Å². The Morgan fingerprint density at radius 2 is 2.24 bits per heavy atom. The van der Waals surface area contributed by atoms with Gasteiger partial charge in [0.1, 0.15) is 5.92 Å². The van der Waals surface area contributed by atoms with Gasteiger partial charge in [-0.3, -0.25) is 9.59 Å². The van der Waals surface area contributed by atoms with Crippen LogP contribution in [0.3, 0.4) is 0 Å². The largest absolute Gasteiger partial charge is 0.348 e. The molecule has 1 aromatic rings. The summed E-state index contributed by atoms with van der Waals surface area (Å²) >= 11 is 2.67. The highest BCUT2D eigenvalue weighted by Crippen LogP contribution is 2.41. The molecular formula is C17H18N4O2S2. The van der Waals surface area contributed by atoms with Gasteiger partial charge in [0.25, 0.3) is 0 Å². The molecule has 2 heterocycles. The fourth-order valence-electron chi connectivity index (χ4n) is 2.56. The molecule has 2 atom stereocenters. The van der Waals surface area contributed by atoms with Crippen molar-refractivity contribution >= 4 is 34.9 Å². The molecule has 1 aliphatic heterocycles. The highest BCUT2D eigenvalue weighted by Gasteiger charge is 2.44. The van der Waals surface area contributed by atoms with Crippen molar-refractivity contribution in [1.82, 2.24) is 10.6 Å². The van der Waals surface area contributed by atoms with Gasteiger partial charge in [-0.15, -0.1) is 11.3 Å². The predicted molar refractivity (Wildman–Crippen MR) is 97.0 cm³/mol. The zero-order valence-corrected chi connectivity index (χ0v) is 15.8. The molecule has 1 aliphatic rings. The summed E-state index contributed by atoms with van der Waals surface area (Å²) < 4.78 is 0. The Kier molecular flexibility index (Phi) is 5.89. The molecule has 0 spiro atoms. The first-order chi connectivity index (χ1) is 11.8. The molecule has 8 heteroatoms. The van der Waals surface area contributed by atoms with Gasteiger partial charge in [-0.25, -0.2) is 0 Å². The van der Waals surface area contributed by atoms with Gasteiger partial charge in [-0.2, -0.15) is 10.5 Å². The Morgan fingerprint density at radius 1 is 1.52 bits per heavy atom. The van der Waals surface area contributed by atoms with E-state index in [4.69, 9.17) is 0 Å². The van der Waals surface area contributed by atoms with Crippen LogP contribution in [0.25, 0.3) is 0 Å². The summed E-state index contributed by atoms with van der Waals surface area (Å²) in [5.74, 6) is -1.49. The van der Waals surface area contributed by atoms with Crippen LogP contribution >= 0.6 is 23.1 Å². The van der Waals surface area contributed by atoms with Gasteiger partial charge >= 0.3 is 0 Å². The van der Waals surface area contributed by atoms with Crippen molar-refractivity contribution in [2.75, 3.05) is 5.75 Å². The summed E-state index contributed by atoms with van der Waals surface area (Å²) in [6, 6.07) is 7.80. The smallest absolute Gasteiger partial charge is 0.243 e. The normalized spacial score (nSPS) is 20.2. The topological polar surface area (TPSA) is 106 Å². The molecule has 0 aliphatic carbocycles. The summed E-state index contributed by atoms with van der Waals surface area (Å²) in [6.07, 6.45) is 0. The van der Waals surface area contributed by atoms with Crippen molar-refractivity contribution in [3.63, 3.8) is 0 Å². The molecule has 6 nitrogen and oxygen atoms in total. The zero-order valence-electron chi connectivity index (χ0n) is 14.1. The fourth-order valence-corrected chi connectivity index (χ4v) is 4.28. The van der Waals surface area contributed by atoms with Crippen molar-refractivity contribution in [2.45, 2.75) is 26.8 Å².